The van der Waals surface area contributed by atoms with Gasteiger partial charge in [0.05, 0.1) is 12.2 Å². The van der Waals surface area contributed by atoms with Crippen LogP contribution in [0.5, 0.6) is 0 Å². The highest BCUT2D eigenvalue weighted by atomic mass is 32.1. The summed E-state index contributed by atoms with van der Waals surface area (Å²) in [7, 11) is 0. The predicted octanol–water partition coefficient (Wildman–Crippen LogP) is 3.58. The van der Waals surface area contributed by atoms with Crippen molar-refractivity contribution in [3.8, 4) is 10.6 Å². The quantitative estimate of drug-likeness (QED) is 0.797. The molecule has 0 fully saturated rings. The molecule has 1 amide bonds. The van der Waals surface area contributed by atoms with Crippen molar-refractivity contribution >= 4 is 17.2 Å². The van der Waals surface area contributed by atoms with E-state index in [9.17, 15) is 9.18 Å². The SMILES string of the molecule is Cc1nc(-c2cccnc2)sc1CNC(=O)c1ccc(F)cc1. The second-order valence-electron chi connectivity index (χ2n) is 4.96. The fourth-order valence-corrected chi connectivity index (χ4v) is 3.06. The molecule has 23 heavy (non-hydrogen) atoms. The van der Waals surface area contributed by atoms with Gasteiger partial charge in [0.1, 0.15) is 10.8 Å². The van der Waals surface area contributed by atoms with Crippen molar-refractivity contribution in [3.05, 3.63) is 70.7 Å². The van der Waals surface area contributed by atoms with E-state index in [4.69, 9.17) is 0 Å². The first-order chi connectivity index (χ1) is 11.1. The first-order valence-corrected chi connectivity index (χ1v) is 7.85. The second-order valence-corrected chi connectivity index (χ2v) is 6.04. The number of thiazole rings is 1. The Kier molecular flexibility index (Phi) is 4.43. The van der Waals surface area contributed by atoms with E-state index in [0.29, 0.717) is 12.1 Å². The van der Waals surface area contributed by atoms with Crippen LogP contribution < -0.4 is 5.32 Å². The van der Waals surface area contributed by atoms with Crippen molar-refractivity contribution in [3.63, 3.8) is 0 Å². The van der Waals surface area contributed by atoms with Crippen LogP contribution >= 0.6 is 11.3 Å². The number of aromatic nitrogens is 2. The first kappa shape index (κ1) is 15.3. The van der Waals surface area contributed by atoms with Gasteiger partial charge in [-0.3, -0.25) is 9.78 Å². The van der Waals surface area contributed by atoms with E-state index in [2.05, 4.69) is 15.3 Å². The summed E-state index contributed by atoms with van der Waals surface area (Å²) in [4.78, 5) is 21.7. The highest BCUT2D eigenvalue weighted by Gasteiger charge is 2.11. The van der Waals surface area contributed by atoms with Gasteiger partial charge in [0.25, 0.3) is 5.91 Å². The summed E-state index contributed by atoms with van der Waals surface area (Å²) in [5.74, 6) is -0.596. The van der Waals surface area contributed by atoms with Crippen molar-refractivity contribution in [1.82, 2.24) is 15.3 Å². The van der Waals surface area contributed by atoms with E-state index >= 15 is 0 Å². The molecule has 0 aliphatic carbocycles. The highest BCUT2D eigenvalue weighted by molar-refractivity contribution is 7.15. The summed E-state index contributed by atoms with van der Waals surface area (Å²) in [6, 6.07) is 9.28. The Balaban J connectivity index is 1.70. The van der Waals surface area contributed by atoms with Gasteiger partial charge in [-0.15, -0.1) is 11.3 Å². The van der Waals surface area contributed by atoms with Gasteiger partial charge < -0.3 is 5.32 Å². The second kappa shape index (κ2) is 6.66. The number of nitrogens with zero attached hydrogens (tertiary/aromatic N) is 2. The van der Waals surface area contributed by atoms with Gasteiger partial charge in [0.15, 0.2) is 0 Å². The van der Waals surface area contributed by atoms with E-state index < -0.39 is 0 Å². The zero-order chi connectivity index (χ0) is 16.2. The molecule has 0 saturated carbocycles. The first-order valence-electron chi connectivity index (χ1n) is 7.04. The minimum atomic E-state index is -0.360. The van der Waals surface area contributed by atoms with Crippen LogP contribution in [0.3, 0.4) is 0 Å². The minimum absolute atomic E-state index is 0.235. The zero-order valence-electron chi connectivity index (χ0n) is 12.4. The van der Waals surface area contributed by atoms with Crippen molar-refractivity contribution < 1.29 is 9.18 Å². The molecule has 6 heteroatoms. The van der Waals surface area contributed by atoms with Gasteiger partial charge in [0, 0.05) is 28.4 Å². The lowest BCUT2D eigenvalue weighted by molar-refractivity contribution is 0.0951. The molecule has 0 aliphatic heterocycles. The van der Waals surface area contributed by atoms with E-state index in [-0.39, 0.29) is 11.7 Å². The van der Waals surface area contributed by atoms with E-state index in [1.54, 1.807) is 12.4 Å². The molecule has 3 aromatic rings. The minimum Gasteiger partial charge on any atom is -0.347 e. The summed E-state index contributed by atoms with van der Waals surface area (Å²) in [5.41, 5.74) is 2.27. The van der Waals surface area contributed by atoms with Crippen LogP contribution in [-0.4, -0.2) is 15.9 Å². The third-order valence-electron chi connectivity index (χ3n) is 3.32. The molecule has 0 aliphatic rings. The Morgan fingerprint density at radius 2 is 2.04 bits per heavy atom. The molecule has 4 nitrogen and oxygen atoms in total. The van der Waals surface area contributed by atoms with Crippen molar-refractivity contribution in [2.75, 3.05) is 0 Å². The Bertz CT molecular complexity index is 816. The van der Waals surface area contributed by atoms with E-state index in [0.717, 1.165) is 21.1 Å². The van der Waals surface area contributed by atoms with Crippen LogP contribution in [0.1, 0.15) is 20.9 Å². The van der Waals surface area contributed by atoms with Crippen LogP contribution in [0.4, 0.5) is 4.39 Å². The topological polar surface area (TPSA) is 54.9 Å². The van der Waals surface area contributed by atoms with E-state index in [1.807, 2.05) is 19.1 Å². The largest absolute Gasteiger partial charge is 0.347 e. The van der Waals surface area contributed by atoms with Crippen molar-refractivity contribution in [2.45, 2.75) is 13.5 Å². The standard InChI is InChI=1S/C17H14FN3OS/c1-11-15(23-17(21-11)13-3-2-8-19-9-13)10-20-16(22)12-4-6-14(18)7-5-12/h2-9H,10H2,1H3,(H,20,22). The average Bonchev–Trinajstić information content (AvgIpc) is 2.95. The highest BCUT2D eigenvalue weighted by Crippen LogP contribution is 2.27. The van der Waals surface area contributed by atoms with Crippen LogP contribution in [0.25, 0.3) is 10.6 Å². The number of benzene rings is 1. The molecule has 3 rings (SSSR count). The lowest BCUT2D eigenvalue weighted by Crippen LogP contribution is -2.22. The van der Waals surface area contributed by atoms with Crippen molar-refractivity contribution in [2.24, 2.45) is 0 Å². The van der Waals surface area contributed by atoms with E-state index in [1.165, 1.54) is 35.6 Å². The number of rotatable bonds is 4. The Labute approximate surface area is 137 Å². The number of pyridine rings is 1. The monoisotopic (exact) mass is 327 g/mol. The Morgan fingerprint density at radius 3 is 2.74 bits per heavy atom. The average molecular weight is 327 g/mol. The maximum Gasteiger partial charge on any atom is 0.251 e. The normalized spacial score (nSPS) is 10.5. The molecule has 116 valence electrons. The summed E-state index contributed by atoms with van der Waals surface area (Å²) in [6.45, 7) is 2.30. The number of carbonyl (C=O) groups excluding carboxylic acids is 1. The third-order valence-corrected chi connectivity index (χ3v) is 4.52. The molecule has 0 atom stereocenters. The lowest BCUT2D eigenvalue weighted by Gasteiger charge is -2.04. The van der Waals surface area contributed by atoms with Crippen molar-refractivity contribution in [1.29, 1.82) is 0 Å². The van der Waals surface area contributed by atoms with Crippen LogP contribution in [-0.2, 0) is 6.54 Å². The maximum atomic E-state index is 12.9. The molecular formula is C17H14FN3OS. The lowest BCUT2D eigenvalue weighted by atomic mass is 10.2. The molecule has 1 aromatic carbocycles. The molecule has 0 spiro atoms. The van der Waals surface area contributed by atoms with Crippen LogP contribution in [0, 0.1) is 12.7 Å². The number of halogens is 1. The van der Waals surface area contributed by atoms with Gasteiger partial charge >= 0.3 is 0 Å². The number of amides is 1. The number of carbonyl (C=O) groups is 1. The van der Waals surface area contributed by atoms with Gasteiger partial charge in [0.2, 0.25) is 0 Å². The predicted molar refractivity (Wildman–Crippen MR) is 87.7 cm³/mol. The maximum absolute atomic E-state index is 12.9. The Morgan fingerprint density at radius 1 is 1.26 bits per heavy atom. The van der Waals surface area contributed by atoms with Crippen LogP contribution in [0.2, 0.25) is 0 Å². The Hall–Kier alpha value is -2.60. The molecule has 0 radical (unpaired) electrons. The number of hydrogen-bond acceptors (Lipinski definition) is 4. The summed E-state index contributed by atoms with van der Waals surface area (Å²) in [5, 5.41) is 3.71. The molecule has 1 N–H and O–H groups in total. The zero-order valence-corrected chi connectivity index (χ0v) is 13.2. The third kappa shape index (κ3) is 3.60. The summed E-state index contributed by atoms with van der Waals surface area (Å²) in [6.07, 6.45) is 3.48. The fraction of sp³-hybridized carbons (Fsp3) is 0.118. The molecule has 2 aromatic heterocycles. The summed E-state index contributed by atoms with van der Waals surface area (Å²) >= 11 is 1.53. The molecular weight excluding hydrogens is 313 g/mol. The van der Waals surface area contributed by atoms with Crippen LogP contribution in [0.15, 0.2) is 48.8 Å². The number of hydrogen-bond donors (Lipinski definition) is 1. The summed E-state index contributed by atoms with van der Waals surface area (Å²) < 4.78 is 12.9. The molecule has 0 unspecified atom stereocenters. The van der Waals surface area contributed by atoms with Gasteiger partial charge in [-0.2, -0.15) is 0 Å². The molecule has 0 bridgehead atoms. The smallest absolute Gasteiger partial charge is 0.251 e. The number of nitrogens with one attached hydrogen (secondary N) is 1. The van der Waals surface area contributed by atoms with Gasteiger partial charge in [-0.25, -0.2) is 9.37 Å². The number of aryl methyl sites for hydroxylation is 1. The molecule has 0 saturated heterocycles. The fourth-order valence-electron chi connectivity index (χ4n) is 2.07. The van der Waals surface area contributed by atoms with Gasteiger partial charge in [-0.1, -0.05) is 0 Å². The van der Waals surface area contributed by atoms with Gasteiger partial charge in [-0.05, 0) is 43.3 Å². The molecule has 2 heterocycles.